The van der Waals surface area contributed by atoms with Crippen LogP contribution in [0.5, 0.6) is 0 Å². The van der Waals surface area contributed by atoms with Crippen LogP contribution in [-0.4, -0.2) is 62.1 Å². The third kappa shape index (κ3) is 12.6. The van der Waals surface area contributed by atoms with E-state index in [9.17, 15) is 9.59 Å². The monoisotopic (exact) mass is 883 g/mol. The summed E-state index contributed by atoms with van der Waals surface area (Å²) in [5.41, 5.74) is 10.7. The maximum absolute atomic E-state index is 12.6. The molecular formula is C47H57N13O3S. The second-order valence-electron chi connectivity index (χ2n) is 17.5. The fourth-order valence-corrected chi connectivity index (χ4v) is 7.31. The van der Waals surface area contributed by atoms with Gasteiger partial charge in [-0.05, 0) is 95.0 Å². The number of hydrogen-bond donors (Lipinski definition) is 4. The second-order valence-corrected chi connectivity index (χ2v) is 18.5. The first-order chi connectivity index (χ1) is 30.2. The van der Waals surface area contributed by atoms with E-state index < -0.39 is 11.7 Å². The molecule has 334 valence electrons. The van der Waals surface area contributed by atoms with E-state index in [1.165, 1.54) is 11.3 Å². The van der Waals surface area contributed by atoms with Gasteiger partial charge in [0.25, 0.3) is 5.91 Å². The van der Waals surface area contributed by atoms with Gasteiger partial charge in [-0.1, -0.05) is 45.0 Å². The number of carbonyl (C=O) groups excluding carboxylic acids is 2. The molecule has 7 rings (SSSR count). The van der Waals surface area contributed by atoms with Crippen molar-refractivity contribution in [1.29, 1.82) is 0 Å². The van der Waals surface area contributed by atoms with Gasteiger partial charge in [-0.3, -0.25) is 14.2 Å². The van der Waals surface area contributed by atoms with Crippen LogP contribution in [0.15, 0.2) is 79.5 Å². The molecule has 0 saturated heterocycles. The van der Waals surface area contributed by atoms with Crippen LogP contribution in [0.2, 0.25) is 0 Å². The number of carbonyl (C=O) groups is 2. The molecule has 5 heterocycles. The van der Waals surface area contributed by atoms with Gasteiger partial charge in [0.1, 0.15) is 10.5 Å². The van der Waals surface area contributed by atoms with Gasteiger partial charge in [-0.25, -0.2) is 29.7 Å². The number of nitrogens with zero attached hydrogens (tertiary/aromatic N) is 9. The lowest BCUT2D eigenvalue weighted by Crippen LogP contribution is -2.32. The Kier molecular flexibility index (Phi) is 14.2. The highest BCUT2D eigenvalue weighted by Crippen LogP contribution is 2.28. The highest BCUT2D eigenvalue weighted by atomic mass is 32.1. The van der Waals surface area contributed by atoms with Crippen molar-refractivity contribution in [2.75, 3.05) is 10.6 Å². The van der Waals surface area contributed by atoms with Crippen LogP contribution >= 0.6 is 11.3 Å². The number of aryl methyl sites for hydroxylation is 6. The maximum Gasteiger partial charge on any atom is 0.407 e. The number of rotatable bonds is 11. The molecule has 17 heteroatoms. The second kappa shape index (κ2) is 19.6. The Hall–Kier alpha value is -7.01. The van der Waals surface area contributed by atoms with Gasteiger partial charge < -0.3 is 26.0 Å². The van der Waals surface area contributed by atoms with Gasteiger partial charge in [-0.2, -0.15) is 10.2 Å². The average molecular weight is 884 g/mol. The van der Waals surface area contributed by atoms with E-state index in [2.05, 4.69) is 83.2 Å². The Morgan fingerprint density at radius 2 is 1.16 bits per heavy atom. The first-order valence-electron chi connectivity index (χ1n) is 20.8. The molecule has 0 unspecified atom stereocenters. The number of benzene rings is 2. The highest BCUT2D eigenvalue weighted by molar-refractivity contribution is 7.13. The lowest BCUT2D eigenvalue weighted by atomic mass is 9.98. The van der Waals surface area contributed by atoms with Crippen LogP contribution in [0.1, 0.15) is 89.9 Å². The molecule has 0 radical (unpaired) electrons. The molecule has 0 aliphatic rings. The minimum Gasteiger partial charge on any atom is -0.444 e. The smallest absolute Gasteiger partial charge is 0.407 e. The Balaban J connectivity index is 0.000000214. The van der Waals surface area contributed by atoms with Crippen molar-refractivity contribution in [2.45, 2.75) is 93.3 Å². The lowest BCUT2D eigenvalue weighted by Gasteiger charge is -2.20. The summed E-state index contributed by atoms with van der Waals surface area (Å²) in [6.07, 6.45) is 8.48. The van der Waals surface area contributed by atoms with Gasteiger partial charge in [-0.15, -0.1) is 11.3 Å². The third-order valence-corrected chi connectivity index (χ3v) is 11.2. The largest absolute Gasteiger partial charge is 0.444 e. The maximum atomic E-state index is 12.6. The Bertz CT molecular complexity index is 2760. The van der Waals surface area contributed by atoms with E-state index in [4.69, 9.17) is 4.74 Å². The molecule has 0 aliphatic heterocycles. The van der Waals surface area contributed by atoms with Crippen molar-refractivity contribution in [2.24, 2.45) is 14.1 Å². The van der Waals surface area contributed by atoms with Crippen molar-refractivity contribution < 1.29 is 14.3 Å². The minimum atomic E-state index is -0.518. The van der Waals surface area contributed by atoms with Crippen LogP contribution in [0.4, 0.5) is 28.1 Å². The van der Waals surface area contributed by atoms with Crippen molar-refractivity contribution in [3.8, 4) is 22.5 Å². The zero-order valence-electron chi connectivity index (χ0n) is 38.6. The van der Waals surface area contributed by atoms with Gasteiger partial charge in [0, 0.05) is 68.5 Å². The normalized spacial score (nSPS) is 11.4. The fourth-order valence-electron chi connectivity index (χ4n) is 6.42. The van der Waals surface area contributed by atoms with Crippen molar-refractivity contribution in [3.05, 3.63) is 123 Å². The standard InChI is InChI=1S/C25H29N7OS.C22H28N6O2/c1-15-11-17(19-9-10-26-24(29-19)30-20-14-32(6)31-16(20)2)7-8-18(15)12-27-22(33)21-13-28-23(34-21)25(3,4)5;1-14-11-16(7-8-17(14)12-24-21(29)30-22(3,4)5)18-9-10-23-20(25-18)26-19-13-28(6)27-15(19)2/h7-11,13-14H,12H2,1-6H3,(H,27,33)(H,26,29,30);7-11,13H,12H2,1-6H3,(H,24,29)(H,23,25,26). The third-order valence-electron chi connectivity index (χ3n) is 9.74. The molecule has 64 heavy (non-hydrogen) atoms. The molecule has 0 saturated carbocycles. The van der Waals surface area contributed by atoms with Crippen molar-refractivity contribution >= 4 is 46.6 Å². The van der Waals surface area contributed by atoms with Crippen LogP contribution in [0, 0.1) is 27.7 Å². The molecule has 0 bridgehead atoms. The molecule has 7 aromatic rings. The van der Waals surface area contributed by atoms with Crippen LogP contribution in [-0.2, 0) is 37.3 Å². The van der Waals surface area contributed by atoms with Crippen molar-refractivity contribution in [1.82, 2.24) is 55.1 Å². The summed E-state index contributed by atoms with van der Waals surface area (Å²) in [4.78, 5) is 47.4. The summed E-state index contributed by atoms with van der Waals surface area (Å²) in [5.74, 6) is 0.924. The molecule has 0 spiro atoms. The summed E-state index contributed by atoms with van der Waals surface area (Å²) >= 11 is 1.44. The van der Waals surface area contributed by atoms with E-state index in [0.29, 0.717) is 29.9 Å². The summed E-state index contributed by atoms with van der Waals surface area (Å²) in [5, 5.41) is 21.9. The fraction of sp³-hybridized carbons (Fsp3) is 0.340. The number of alkyl carbamates (subject to hydrolysis) is 1. The molecule has 0 aliphatic carbocycles. The topological polar surface area (TPSA) is 192 Å². The van der Waals surface area contributed by atoms with Crippen LogP contribution in [0.3, 0.4) is 0 Å². The predicted octanol–water partition coefficient (Wildman–Crippen LogP) is 9.18. The quantitative estimate of drug-likeness (QED) is 0.0965. The Morgan fingerprint density at radius 1 is 0.672 bits per heavy atom. The summed E-state index contributed by atoms with van der Waals surface area (Å²) in [6.45, 7) is 20.6. The minimum absolute atomic E-state index is 0.0667. The van der Waals surface area contributed by atoms with Crippen LogP contribution < -0.4 is 21.3 Å². The number of ether oxygens (including phenoxy) is 1. The van der Waals surface area contributed by atoms with E-state index in [0.717, 1.165) is 72.5 Å². The average Bonchev–Trinajstić information content (AvgIpc) is 3.94. The first-order valence-corrected chi connectivity index (χ1v) is 21.6. The molecule has 0 atom stereocenters. The van der Waals surface area contributed by atoms with E-state index in [-0.39, 0.29) is 11.3 Å². The van der Waals surface area contributed by atoms with Crippen molar-refractivity contribution in [3.63, 3.8) is 0 Å². The van der Waals surface area contributed by atoms with Crippen LogP contribution in [0.25, 0.3) is 22.5 Å². The number of amides is 2. The van der Waals surface area contributed by atoms with Gasteiger partial charge >= 0.3 is 6.09 Å². The number of thiazole rings is 1. The summed E-state index contributed by atoms with van der Waals surface area (Å²) in [6, 6.07) is 15.9. The summed E-state index contributed by atoms with van der Waals surface area (Å²) in [7, 11) is 3.75. The zero-order chi connectivity index (χ0) is 46.3. The van der Waals surface area contributed by atoms with Gasteiger partial charge in [0.15, 0.2) is 0 Å². The Labute approximate surface area is 378 Å². The highest BCUT2D eigenvalue weighted by Gasteiger charge is 2.21. The number of anilines is 4. The molecule has 0 fully saturated rings. The molecule has 2 amide bonds. The SMILES string of the molecule is Cc1cc(-c2ccnc(Nc3cn(C)nc3C)n2)ccc1CNC(=O)OC(C)(C)C.Cc1cc(-c2ccnc(Nc3cn(C)nc3C)n2)ccc1CNC(=O)c1cnc(C(C)(C)C)s1. The van der Waals surface area contributed by atoms with E-state index in [1.807, 2.05) is 117 Å². The zero-order valence-corrected chi connectivity index (χ0v) is 39.4. The Morgan fingerprint density at radius 3 is 1.56 bits per heavy atom. The van der Waals surface area contributed by atoms with E-state index in [1.54, 1.807) is 28.0 Å². The number of nitrogens with one attached hydrogen (secondary N) is 4. The summed E-state index contributed by atoms with van der Waals surface area (Å²) < 4.78 is 8.78. The lowest BCUT2D eigenvalue weighted by molar-refractivity contribution is 0.0523. The van der Waals surface area contributed by atoms with Gasteiger partial charge in [0.05, 0.1) is 45.4 Å². The van der Waals surface area contributed by atoms with Gasteiger partial charge in [0.2, 0.25) is 11.9 Å². The number of hydrogen-bond acceptors (Lipinski definition) is 13. The molecule has 5 aromatic heterocycles. The molecular weight excluding hydrogens is 827 g/mol. The predicted molar refractivity (Wildman–Crippen MR) is 252 cm³/mol. The van der Waals surface area contributed by atoms with E-state index >= 15 is 0 Å². The first kappa shape index (κ1) is 46.5. The number of aromatic nitrogens is 9. The molecule has 4 N–H and O–H groups in total. The molecule has 2 aromatic carbocycles. The molecule has 16 nitrogen and oxygen atoms in total.